The Morgan fingerprint density at radius 1 is 0.924 bits per heavy atom. The molecule has 1 unspecified atom stereocenters. The first kappa shape index (κ1) is 45.8. The number of hydrogen-bond acceptors (Lipinski definition) is 10. The van der Waals surface area contributed by atoms with Gasteiger partial charge in [0.2, 0.25) is 21.8 Å². The van der Waals surface area contributed by atoms with Gasteiger partial charge in [0.25, 0.3) is 5.91 Å². The first-order valence-electron chi connectivity index (χ1n) is 22.1. The summed E-state index contributed by atoms with van der Waals surface area (Å²) in [4.78, 5) is 63.7. The topological polar surface area (TPSA) is 182 Å². The van der Waals surface area contributed by atoms with Gasteiger partial charge < -0.3 is 29.7 Å². The fourth-order valence-corrected chi connectivity index (χ4v) is 10.3. The molecule has 1 aromatic heterocycles. The number of rotatable bonds is 15. The van der Waals surface area contributed by atoms with Gasteiger partial charge in [0.1, 0.15) is 41.0 Å². The standard InChI is InChI=1S/C51H55N5O9S/c1-7-35-30-51(35,47(59)55-66(61,62)50(24-25-50)29-33-14-10-8-11-15-33)54-45(57)42-27-38(31-56(42)46(58)44(49(3,4)5)53-48(60)65-36-20-18-32(2)19-21-36)64-43-28-40(34-16-12-9-13-17-34)52-41-26-37(63-6)22-23-39(41)43/h7-23,26,28,35,38,42,44H,1,24-25,27,29-31H2,2-6H3,(H,53,60)(H,54,57)(H,55,59)/t35?,38-,42+,44-,51+/m1/s1. The Labute approximate surface area is 385 Å². The van der Waals surface area contributed by atoms with Crippen molar-refractivity contribution in [3.05, 3.63) is 133 Å². The third-order valence-electron chi connectivity index (χ3n) is 12.8. The fraction of sp³-hybridized carbons (Fsp3) is 0.353. The van der Waals surface area contributed by atoms with Crippen molar-refractivity contribution >= 4 is 44.7 Å². The molecule has 2 saturated carbocycles. The molecule has 0 bridgehead atoms. The van der Waals surface area contributed by atoms with Crippen LogP contribution in [-0.4, -0.2) is 84.2 Å². The number of nitrogens with zero attached hydrogens (tertiary/aromatic N) is 2. The van der Waals surface area contributed by atoms with Gasteiger partial charge in [0.05, 0.1) is 29.6 Å². The Morgan fingerprint density at radius 3 is 2.21 bits per heavy atom. The summed E-state index contributed by atoms with van der Waals surface area (Å²) in [5, 5.41) is 6.30. The van der Waals surface area contributed by atoms with Crippen LogP contribution in [0.2, 0.25) is 0 Å². The number of methoxy groups -OCH3 is 1. The maximum absolute atomic E-state index is 15.0. The van der Waals surface area contributed by atoms with Gasteiger partial charge >= 0.3 is 6.09 Å². The van der Waals surface area contributed by atoms with E-state index in [0.717, 1.165) is 16.7 Å². The highest BCUT2D eigenvalue weighted by molar-refractivity contribution is 7.91. The number of amides is 4. The first-order chi connectivity index (χ1) is 31.4. The van der Waals surface area contributed by atoms with Crippen molar-refractivity contribution < 1.29 is 41.8 Å². The number of pyridine rings is 1. The Morgan fingerprint density at radius 2 is 1.59 bits per heavy atom. The van der Waals surface area contributed by atoms with Crippen LogP contribution in [0.1, 0.15) is 57.6 Å². The van der Waals surface area contributed by atoms with Crippen molar-refractivity contribution in [1.29, 1.82) is 0 Å². The first-order valence-corrected chi connectivity index (χ1v) is 23.5. The van der Waals surface area contributed by atoms with Gasteiger partial charge in [0.15, 0.2) is 0 Å². The second kappa shape index (κ2) is 17.9. The molecule has 4 amide bonds. The van der Waals surface area contributed by atoms with E-state index in [-0.39, 0.29) is 31.6 Å². The molecule has 4 aromatic carbocycles. The normalized spacial score (nSPS) is 21.2. The zero-order valence-corrected chi connectivity index (χ0v) is 38.5. The minimum atomic E-state index is -4.19. The number of aryl methyl sites for hydroxylation is 1. The molecule has 14 nitrogen and oxygen atoms in total. The molecule has 2 aliphatic carbocycles. The third kappa shape index (κ3) is 9.48. The highest BCUT2D eigenvalue weighted by Crippen LogP contribution is 2.49. The van der Waals surface area contributed by atoms with Gasteiger partial charge in [-0.15, -0.1) is 6.58 Å². The highest BCUT2D eigenvalue weighted by Gasteiger charge is 2.63. The Hall–Kier alpha value is -6.74. The molecule has 8 rings (SSSR count). The quantitative estimate of drug-likeness (QED) is 0.0921. The van der Waals surface area contributed by atoms with E-state index in [0.29, 0.717) is 40.9 Å². The largest absolute Gasteiger partial charge is 0.497 e. The van der Waals surface area contributed by atoms with Crippen LogP contribution in [0.15, 0.2) is 122 Å². The van der Waals surface area contributed by atoms with Crippen LogP contribution in [0.3, 0.4) is 0 Å². The molecule has 3 aliphatic rings. The summed E-state index contributed by atoms with van der Waals surface area (Å²) < 4.78 is 46.9. The van der Waals surface area contributed by atoms with Gasteiger partial charge in [-0.2, -0.15) is 0 Å². The second-order valence-corrected chi connectivity index (χ2v) is 20.7. The number of carbonyl (C=O) groups excluding carboxylic acids is 4. The summed E-state index contributed by atoms with van der Waals surface area (Å²) in [6, 6.07) is 30.5. The number of hydrogen-bond donors (Lipinski definition) is 3. The van der Waals surface area contributed by atoms with E-state index in [1.807, 2.05) is 79.7 Å². The minimum Gasteiger partial charge on any atom is -0.497 e. The van der Waals surface area contributed by atoms with Gasteiger partial charge in [-0.25, -0.2) is 18.2 Å². The zero-order chi connectivity index (χ0) is 47.0. The van der Waals surface area contributed by atoms with Crippen molar-refractivity contribution in [2.45, 2.75) is 88.3 Å². The highest BCUT2D eigenvalue weighted by atomic mass is 32.2. The van der Waals surface area contributed by atoms with E-state index in [4.69, 9.17) is 19.2 Å². The number of benzene rings is 4. The Bertz CT molecular complexity index is 2780. The smallest absolute Gasteiger partial charge is 0.413 e. The average molecular weight is 914 g/mol. The number of ether oxygens (including phenoxy) is 3. The number of carbonyl (C=O) groups is 4. The number of nitrogens with one attached hydrogen (secondary N) is 3. The lowest BCUT2D eigenvalue weighted by atomic mass is 9.85. The van der Waals surface area contributed by atoms with Crippen LogP contribution in [0.4, 0.5) is 4.79 Å². The summed E-state index contributed by atoms with van der Waals surface area (Å²) in [7, 11) is -2.62. The molecule has 1 saturated heterocycles. The molecule has 15 heteroatoms. The number of sulfonamides is 1. The van der Waals surface area contributed by atoms with Gasteiger partial charge in [0, 0.05) is 35.4 Å². The summed E-state index contributed by atoms with van der Waals surface area (Å²) in [5.41, 5.74) is 1.33. The maximum Gasteiger partial charge on any atom is 0.413 e. The van der Waals surface area contributed by atoms with Crippen LogP contribution in [0, 0.1) is 18.3 Å². The number of aromatic nitrogens is 1. The lowest BCUT2D eigenvalue weighted by Crippen LogP contribution is -2.60. The summed E-state index contributed by atoms with van der Waals surface area (Å²) in [6.45, 7) is 11.0. The fourth-order valence-electron chi connectivity index (χ4n) is 8.69. The van der Waals surface area contributed by atoms with Crippen molar-refractivity contribution in [1.82, 2.24) is 25.2 Å². The molecule has 0 radical (unpaired) electrons. The Balaban J connectivity index is 1.10. The molecular weight excluding hydrogens is 859 g/mol. The van der Waals surface area contributed by atoms with Crippen molar-refractivity contribution in [2.75, 3.05) is 13.7 Å². The maximum atomic E-state index is 15.0. The van der Waals surface area contributed by atoms with E-state index >= 15 is 0 Å². The zero-order valence-electron chi connectivity index (χ0n) is 37.7. The summed E-state index contributed by atoms with van der Waals surface area (Å²) in [6.07, 6.45) is 0.952. The van der Waals surface area contributed by atoms with E-state index < -0.39 is 73.6 Å². The van der Waals surface area contributed by atoms with Crippen molar-refractivity contribution in [2.24, 2.45) is 11.3 Å². The molecule has 5 aromatic rings. The second-order valence-electron chi connectivity index (χ2n) is 18.7. The lowest BCUT2D eigenvalue weighted by Gasteiger charge is -2.35. The molecular formula is C51H55N5O9S. The molecule has 2 heterocycles. The third-order valence-corrected chi connectivity index (χ3v) is 15.0. The van der Waals surface area contributed by atoms with E-state index in [1.165, 1.54) is 11.0 Å². The monoisotopic (exact) mass is 913 g/mol. The molecule has 3 N–H and O–H groups in total. The van der Waals surface area contributed by atoms with Crippen molar-refractivity contribution in [3.8, 4) is 28.5 Å². The lowest BCUT2D eigenvalue weighted by molar-refractivity contribution is -0.142. The van der Waals surface area contributed by atoms with Crippen LogP contribution in [-0.2, 0) is 30.8 Å². The minimum absolute atomic E-state index is 0.0160. The number of fused-ring (bicyclic) bond motifs is 1. The molecule has 0 spiro atoms. The van der Waals surface area contributed by atoms with Crippen LogP contribution < -0.4 is 29.6 Å². The van der Waals surface area contributed by atoms with Crippen LogP contribution >= 0.6 is 0 Å². The summed E-state index contributed by atoms with van der Waals surface area (Å²) in [5.74, 6) is -1.42. The molecule has 1 aliphatic heterocycles. The predicted octanol–water partition coefficient (Wildman–Crippen LogP) is 7.05. The van der Waals surface area contributed by atoms with Crippen molar-refractivity contribution in [3.63, 3.8) is 0 Å². The molecule has 66 heavy (non-hydrogen) atoms. The van der Waals surface area contributed by atoms with Crippen LogP contribution in [0.5, 0.6) is 17.2 Å². The van der Waals surface area contributed by atoms with Gasteiger partial charge in [-0.05, 0) is 67.9 Å². The van der Waals surface area contributed by atoms with Gasteiger partial charge in [-0.1, -0.05) is 105 Å². The van der Waals surface area contributed by atoms with E-state index in [1.54, 1.807) is 64.3 Å². The van der Waals surface area contributed by atoms with E-state index in [9.17, 15) is 27.6 Å². The molecule has 5 atom stereocenters. The van der Waals surface area contributed by atoms with Gasteiger partial charge in [-0.3, -0.25) is 19.1 Å². The SMILES string of the molecule is C=CC1C[C@@]1(NC(=O)[C@@H]1C[C@@H](Oc2cc(-c3ccccc3)nc3cc(OC)ccc23)CN1C(=O)[C@@H](NC(=O)Oc1ccc(C)cc1)C(C)(C)C)C(=O)NS(=O)(=O)C1(Cc2ccccc2)CC1. The van der Waals surface area contributed by atoms with Crippen LogP contribution in [0.25, 0.3) is 22.2 Å². The molecule has 3 fully saturated rings. The predicted molar refractivity (Wildman–Crippen MR) is 250 cm³/mol. The Kier molecular flexibility index (Phi) is 12.4. The van der Waals surface area contributed by atoms with E-state index in [2.05, 4.69) is 21.9 Å². The summed E-state index contributed by atoms with van der Waals surface area (Å²) >= 11 is 0. The average Bonchev–Trinajstić information content (AvgIpc) is 4.20. The molecule has 344 valence electrons. The number of likely N-dealkylation sites (tertiary alicyclic amines) is 1.